The largest absolute Gasteiger partial charge is 0.462 e. The lowest BCUT2D eigenvalue weighted by Gasteiger charge is -2.18. The molecule has 6 nitrogen and oxygen atoms in total. The van der Waals surface area contributed by atoms with Gasteiger partial charge in [-0.3, -0.25) is 14.4 Å². The average Bonchev–Trinajstić information content (AvgIpc) is 3.43. The summed E-state index contributed by atoms with van der Waals surface area (Å²) in [7, 11) is 0. The first-order valence-electron chi connectivity index (χ1n) is 32.7. The van der Waals surface area contributed by atoms with E-state index in [4.69, 9.17) is 14.2 Å². The molecule has 0 bridgehead atoms. The molecular formula is C71H122O6. The standard InChI is InChI=1S/C71H122O6/c1-4-7-10-13-16-19-22-25-28-31-32-33-34-35-36-37-38-39-40-41-44-46-49-52-55-58-61-64-70(73)76-67-68(77-71(74)65-62-59-56-53-50-47-43-30-27-24-21-18-15-12-9-6-3)66-75-69(72)63-60-57-54-51-48-45-42-29-26-23-20-17-14-11-8-5-2/h7,10,16,19,21,24-25,28,30,32-33,35-36,38-39,43,68H,4-6,8-9,11-15,17-18,20,22-23,26-27,29,31,34,37,40-42,44-67H2,1-3H3/b10-7-,19-16-,24-21-,28-25-,33-32-,36-35-,39-38-,43-30-. The molecular weight excluding hydrogens is 949 g/mol. The first-order valence-corrected chi connectivity index (χ1v) is 32.7. The number of esters is 3. The molecule has 0 aliphatic heterocycles. The van der Waals surface area contributed by atoms with E-state index in [9.17, 15) is 14.4 Å². The topological polar surface area (TPSA) is 78.9 Å². The van der Waals surface area contributed by atoms with E-state index in [-0.39, 0.29) is 31.1 Å². The van der Waals surface area contributed by atoms with Crippen molar-refractivity contribution >= 4 is 17.9 Å². The van der Waals surface area contributed by atoms with Gasteiger partial charge in [-0.05, 0) is 103 Å². The first kappa shape index (κ1) is 73.3. The third-order valence-corrected chi connectivity index (χ3v) is 14.1. The summed E-state index contributed by atoms with van der Waals surface area (Å²) in [5.74, 6) is -0.893. The van der Waals surface area contributed by atoms with Crippen molar-refractivity contribution in [2.45, 2.75) is 322 Å². The third-order valence-electron chi connectivity index (χ3n) is 14.1. The summed E-state index contributed by atoms with van der Waals surface area (Å²) in [5, 5.41) is 0. The van der Waals surface area contributed by atoms with Gasteiger partial charge in [0.25, 0.3) is 0 Å². The third kappa shape index (κ3) is 63.0. The zero-order chi connectivity index (χ0) is 55.7. The second-order valence-corrected chi connectivity index (χ2v) is 21.6. The number of hydrogen-bond donors (Lipinski definition) is 0. The summed E-state index contributed by atoms with van der Waals surface area (Å²) in [5.41, 5.74) is 0. The van der Waals surface area contributed by atoms with Gasteiger partial charge >= 0.3 is 17.9 Å². The summed E-state index contributed by atoms with van der Waals surface area (Å²) in [6, 6.07) is 0. The number of rotatable bonds is 59. The van der Waals surface area contributed by atoms with Gasteiger partial charge < -0.3 is 14.2 Å². The van der Waals surface area contributed by atoms with Gasteiger partial charge in [-0.15, -0.1) is 0 Å². The monoisotopic (exact) mass is 1070 g/mol. The molecule has 0 aromatic heterocycles. The van der Waals surface area contributed by atoms with Crippen LogP contribution >= 0.6 is 0 Å². The van der Waals surface area contributed by atoms with Crippen LogP contribution in [-0.2, 0) is 28.6 Å². The van der Waals surface area contributed by atoms with E-state index in [1.807, 2.05) is 0 Å². The van der Waals surface area contributed by atoms with E-state index < -0.39 is 6.10 Å². The van der Waals surface area contributed by atoms with Gasteiger partial charge in [0.2, 0.25) is 0 Å². The molecule has 0 aromatic carbocycles. The Morgan fingerprint density at radius 2 is 0.506 bits per heavy atom. The van der Waals surface area contributed by atoms with Crippen molar-refractivity contribution in [2.75, 3.05) is 13.2 Å². The summed E-state index contributed by atoms with van der Waals surface area (Å²) in [4.78, 5) is 38.3. The summed E-state index contributed by atoms with van der Waals surface area (Å²) >= 11 is 0. The van der Waals surface area contributed by atoms with Crippen molar-refractivity contribution in [2.24, 2.45) is 0 Å². The molecule has 6 heteroatoms. The minimum absolute atomic E-state index is 0.0830. The van der Waals surface area contributed by atoms with Gasteiger partial charge in [0.05, 0.1) is 0 Å². The number of unbranched alkanes of at least 4 members (excludes halogenated alkanes) is 32. The van der Waals surface area contributed by atoms with Gasteiger partial charge in [-0.1, -0.05) is 291 Å². The zero-order valence-corrected chi connectivity index (χ0v) is 50.7. The number of carbonyl (C=O) groups excluding carboxylic acids is 3. The Morgan fingerprint density at radius 1 is 0.273 bits per heavy atom. The minimum atomic E-state index is -0.789. The van der Waals surface area contributed by atoms with Crippen LogP contribution in [0.4, 0.5) is 0 Å². The van der Waals surface area contributed by atoms with Crippen molar-refractivity contribution in [1.29, 1.82) is 0 Å². The molecule has 0 aliphatic rings. The number of allylic oxidation sites excluding steroid dienone is 16. The Hall–Kier alpha value is -3.67. The highest BCUT2D eigenvalue weighted by molar-refractivity contribution is 5.71. The maximum Gasteiger partial charge on any atom is 0.306 e. The Balaban J connectivity index is 4.35. The molecule has 0 N–H and O–H groups in total. The normalized spacial score (nSPS) is 12.7. The summed E-state index contributed by atoms with van der Waals surface area (Å²) in [6.45, 7) is 6.52. The molecule has 0 aromatic rings. The highest BCUT2D eigenvalue weighted by Gasteiger charge is 2.19. The molecule has 442 valence electrons. The van der Waals surface area contributed by atoms with Gasteiger partial charge in [-0.25, -0.2) is 0 Å². The molecule has 0 radical (unpaired) electrons. The minimum Gasteiger partial charge on any atom is -0.462 e. The van der Waals surface area contributed by atoms with Crippen LogP contribution in [-0.4, -0.2) is 37.2 Å². The van der Waals surface area contributed by atoms with Crippen LogP contribution in [0.3, 0.4) is 0 Å². The molecule has 77 heavy (non-hydrogen) atoms. The van der Waals surface area contributed by atoms with Crippen LogP contribution < -0.4 is 0 Å². The van der Waals surface area contributed by atoms with E-state index >= 15 is 0 Å². The fourth-order valence-electron chi connectivity index (χ4n) is 9.18. The van der Waals surface area contributed by atoms with E-state index in [1.165, 1.54) is 148 Å². The predicted octanol–water partition coefficient (Wildman–Crippen LogP) is 22.4. The lowest BCUT2D eigenvalue weighted by molar-refractivity contribution is -0.167. The van der Waals surface area contributed by atoms with Gasteiger partial charge in [0.1, 0.15) is 13.2 Å². The van der Waals surface area contributed by atoms with Crippen molar-refractivity contribution in [3.8, 4) is 0 Å². The van der Waals surface area contributed by atoms with Crippen LogP contribution in [0.2, 0.25) is 0 Å². The maximum absolute atomic E-state index is 12.9. The van der Waals surface area contributed by atoms with E-state index in [2.05, 4.69) is 118 Å². The molecule has 0 fully saturated rings. The SMILES string of the molecule is CC/C=C\C/C=C\C/C=C\C/C=C\C/C=C\C/C=C\CCCCCCCCCCC(=O)OCC(COC(=O)CCCCCCCCCCCCCCCCCC)OC(=O)CCCCCCC/C=C\C/C=C\CCCCCC. The van der Waals surface area contributed by atoms with Crippen LogP contribution in [0.15, 0.2) is 97.2 Å². The predicted molar refractivity (Wildman–Crippen MR) is 334 cm³/mol. The number of hydrogen-bond acceptors (Lipinski definition) is 6. The van der Waals surface area contributed by atoms with Crippen molar-refractivity contribution < 1.29 is 28.6 Å². The molecule has 0 heterocycles. The molecule has 1 unspecified atom stereocenters. The molecule has 0 spiro atoms. The van der Waals surface area contributed by atoms with Crippen molar-refractivity contribution in [3.63, 3.8) is 0 Å². The molecule has 0 rings (SSSR count). The highest BCUT2D eigenvalue weighted by Crippen LogP contribution is 2.16. The Kier molecular flexibility index (Phi) is 61.8. The second-order valence-electron chi connectivity index (χ2n) is 21.6. The quantitative estimate of drug-likeness (QED) is 0.0261. The van der Waals surface area contributed by atoms with Crippen LogP contribution in [0, 0.1) is 0 Å². The van der Waals surface area contributed by atoms with Crippen LogP contribution in [0.1, 0.15) is 316 Å². The van der Waals surface area contributed by atoms with E-state index in [0.717, 1.165) is 128 Å². The lowest BCUT2D eigenvalue weighted by atomic mass is 10.0. The first-order chi connectivity index (χ1) is 38.0. The van der Waals surface area contributed by atoms with E-state index in [0.29, 0.717) is 19.3 Å². The Bertz CT molecular complexity index is 1510. The smallest absolute Gasteiger partial charge is 0.306 e. The molecule has 0 amide bonds. The Morgan fingerprint density at radius 3 is 0.805 bits per heavy atom. The van der Waals surface area contributed by atoms with Gasteiger partial charge in [0.15, 0.2) is 6.10 Å². The maximum atomic E-state index is 12.9. The number of ether oxygens (including phenoxy) is 3. The molecule has 0 saturated heterocycles. The van der Waals surface area contributed by atoms with Crippen LogP contribution in [0.5, 0.6) is 0 Å². The van der Waals surface area contributed by atoms with Gasteiger partial charge in [0, 0.05) is 19.3 Å². The molecule has 1 atom stereocenters. The zero-order valence-electron chi connectivity index (χ0n) is 50.7. The summed E-state index contributed by atoms with van der Waals surface area (Å²) in [6.07, 6.45) is 86.9. The fourth-order valence-corrected chi connectivity index (χ4v) is 9.18. The molecule has 0 aliphatic carbocycles. The average molecular weight is 1070 g/mol. The highest BCUT2D eigenvalue weighted by atomic mass is 16.6. The van der Waals surface area contributed by atoms with E-state index in [1.54, 1.807) is 0 Å². The van der Waals surface area contributed by atoms with Crippen molar-refractivity contribution in [1.82, 2.24) is 0 Å². The second kappa shape index (κ2) is 64.9. The fraction of sp³-hybridized carbons (Fsp3) is 0.732. The molecule has 0 saturated carbocycles. The van der Waals surface area contributed by atoms with Crippen LogP contribution in [0.25, 0.3) is 0 Å². The Labute approximate surface area is 477 Å². The number of carbonyl (C=O) groups is 3. The summed E-state index contributed by atoms with van der Waals surface area (Å²) < 4.78 is 16.9. The lowest BCUT2D eigenvalue weighted by Crippen LogP contribution is -2.30. The van der Waals surface area contributed by atoms with Gasteiger partial charge in [-0.2, -0.15) is 0 Å². The van der Waals surface area contributed by atoms with Crippen molar-refractivity contribution in [3.05, 3.63) is 97.2 Å².